The Morgan fingerprint density at radius 2 is 1.84 bits per heavy atom. The number of carbonyl (C=O) groups is 2. The number of aromatic nitrogens is 2. The number of nitrogens with two attached hydrogens (primary N) is 1. The Balaban J connectivity index is 0.000000381. The molecule has 3 N–H and O–H groups in total. The molecule has 2 heterocycles. The van der Waals surface area contributed by atoms with Crippen LogP contribution in [0.15, 0.2) is 30.7 Å². The van der Waals surface area contributed by atoms with Gasteiger partial charge in [-0.05, 0) is 19.1 Å². The zero-order valence-electron chi connectivity index (χ0n) is 13.2. The number of aryl methyl sites for hydroxylation is 1. The average molecular weight is 357 g/mol. The number of carbonyl (C=O) groups excluding carboxylic acids is 1. The summed E-state index contributed by atoms with van der Waals surface area (Å²) in [6.07, 6.45) is -0.374. The molecule has 0 aliphatic carbocycles. The van der Waals surface area contributed by atoms with Crippen molar-refractivity contribution in [3.8, 4) is 16.9 Å². The normalized spacial score (nSPS) is 10.4. The summed E-state index contributed by atoms with van der Waals surface area (Å²) >= 11 is 0. The molecule has 25 heavy (non-hydrogen) atoms. The third-order valence-electron chi connectivity index (χ3n) is 2.84. The van der Waals surface area contributed by atoms with E-state index in [0.29, 0.717) is 16.9 Å². The van der Waals surface area contributed by atoms with Crippen molar-refractivity contribution in [3.05, 3.63) is 42.0 Å². The molecule has 0 aliphatic rings. The van der Waals surface area contributed by atoms with Gasteiger partial charge in [0.25, 0.3) is 5.91 Å². The van der Waals surface area contributed by atoms with Crippen LogP contribution in [0.4, 0.5) is 13.2 Å². The van der Waals surface area contributed by atoms with Gasteiger partial charge < -0.3 is 15.6 Å². The minimum absolute atomic E-state index is 0.366. The van der Waals surface area contributed by atoms with Crippen molar-refractivity contribution in [1.29, 1.82) is 0 Å². The number of hydrogen-bond donors (Lipinski definition) is 2. The Bertz CT molecular complexity index is 779. The molecule has 0 unspecified atom stereocenters. The number of alkyl halides is 3. The van der Waals surface area contributed by atoms with E-state index < -0.39 is 18.1 Å². The first-order valence-corrected chi connectivity index (χ1v) is 6.62. The van der Waals surface area contributed by atoms with Gasteiger partial charge in [0, 0.05) is 29.2 Å². The van der Waals surface area contributed by atoms with Gasteiger partial charge in [-0.3, -0.25) is 14.8 Å². The number of hydrogen-bond acceptors (Lipinski definition) is 5. The first-order valence-electron chi connectivity index (χ1n) is 6.62. The second-order valence-corrected chi connectivity index (χ2v) is 4.61. The number of carboxylic acid groups (broad SMARTS) is 1. The number of amides is 1. The van der Waals surface area contributed by atoms with E-state index in [1.807, 2.05) is 6.92 Å². The minimum Gasteiger partial charge on any atom is -0.494 e. The lowest BCUT2D eigenvalue weighted by Gasteiger charge is -2.11. The Morgan fingerprint density at radius 3 is 2.32 bits per heavy atom. The summed E-state index contributed by atoms with van der Waals surface area (Å²) in [5, 5.41) is 7.12. The molecule has 2 aromatic rings. The van der Waals surface area contributed by atoms with Crippen molar-refractivity contribution in [2.75, 3.05) is 7.11 Å². The predicted molar refractivity (Wildman–Crippen MR) is 81.0 cm³/mol. The fourth-order valence-corrected chi connectivity index (χ4v) is 1.74. The van der Waals surface area contributed by atoms with Gasteiger partial charge in [-0.25, -0.2) is 4.79 Å². The zero-order valence-corrected chi connectivity index (χ0v) is 13.2. The topological polar surface area (TPSA) is 115 Å². The monoisotopic (exact) mass is 357 g/mol. The molecule has 0 radical (unpaired) electrons. The van der Waals surface area contributed by atoms with Gasteiger partial charge in [0.15, 0.2) is 0 Å². The summed E-state index contributed by atoms with van der Waals surface area (Å²) in [4.78, 5) is 28.4. The Labute approximate surface area is 140 Å². The molecule has 0 aromatic carbocycles. The molecule has 1 amide bonds. The maximum Gasteiger partial charge on any atom is 0.490 e. The highest BCUT2D eigenvalue weighted by Crippen LogP contribution is 2.31. The van der Waals surface area contributed by atoms with Crippen molar-refractivity contribution >= 4 is 11.9 Å². The summed E-state index contributed by atoms with van der Waals surface area (Å²) in [7, 11) is 1.55. The quantitative estimate of drug-likeness (QED) is 0.870. The van der Waals surface area contributed by atoms with Gasteiger partial charge in [-0.15, -0.1) is 0 Å². The number of pyridine rings is 2. The average Bonchev–Trinajstić information content (AvgIpc) is 2.54. The van der Waals surface area contributed by atoms with Crippen LogP contribution in [0.25, 0.3) is 11.1 Å². The van der Waals surface area contributed by atoms with Crippen LogP contribution in [0, 0.1) is 6.92 Å². The molecule has 0 spiro atoms. The molecule has 0 fully saturated rings. The molecule has 2 aromatic heterocycles. The van der Waals surface area contributed by atoms with Crippen LogP contribution >= 0.6 is 0 Å². The van der Waals surface area contributed by atoms with E-state index in [9.17, 15) is 18.0 Å². The van der Waals surface area contributed by atoms with Crippen LogP contribution in [-0.4, -0.2) is 40.2 Å². The number of carboxylic acids is 1. The summed E-state index contributed by atoms with van der Waals surface area (Å²) in [5.74, 6) is -2.69. The smallest absolute Gasteiger partial charge is 0.490 e. The van der Waals surface area contributed by atoms with Crippen LogP contribution in [0.1, 0.15) is 16.1 Å². The zero-order chi connectivity index (χ0) is 19.2. The van der Waals surface area contributed by atoms with Crippen molar-refractivity contribution in [1.82, 2.24) is 9.97 Å². The largest absolute Gasteiger partial charge is 0.494 e. The molecule has 2 rings (SSSR count). The van der Waals surface area contributed by atoms with Gasteiger partial charge in [-0.2, -0.15) is 13.2 Å². The highest BCUT2D eigenvalue weighted by Gasteiger charge is 2.38. The minimum atomic E-state index is -5.08. The van der Waals surface area contributed by atoms with Crippen LogP contribution in [0.5, 0.6) is 5.75 Å². The summed E-state index contributed by atoms with van der Waals surface area (Å²) in [5.41, 5.74) is 8.00. The second kappa shape index (κ2) is 8.08. The lowest BCUT2D eigenvalue weighted by Crippen LogP contribution is -2.21. The van der Waals surface area contributed by atoms with E-state index in [1.165, 1.54) is 6.20 Å². The first-order chi connectivity index (χ1) is 11.6. The van der Waals surface area contributed by atoms with Gasteiger partial charge in [0.05, 0.1) is 18.9 Å². The van der Waals surface area contributed by atoms with Crippen molar-refractivity contribution in [3.63, 3.8) is 0 Å². The lowest BCUT2D eigenvalue weighted by molar-refractivity contribution is -0.192. The maximum absolute atomic E-state index is 11.4. The van der Waals surface area contributed by atoms with Crippen LogP contribution in [0.2, 0.25) is 0 Å². The second-order valence-electron chi connectivity index (χ2n) is 4.61. The standard InChI is InChI=1S/C13H13N3O2.C2HF3O2/c1-8-5-10(11(6-16-8)13(14)17)9-3-4-15-7-12(9)18-2;3-2(4,5)1(6)7/h3-7H,1-2H3,(H2,14,17);(H,6,7). The number of methoxy groups -OCH3 is 1. The number of rotatable bonds is 3. The van der Waals surface area contributed by atoms with E-state index in [4.69, 9.17) is 20.4 Å². The first kappa shape index (κ1) is 19.9. The molecule has 7 nitrogen and oxygen atoms in total. The SMILES string of the molecule is COc1cnccc1-c1cc(C)ncc1C(N)=O.O=C(O)C(F)(F)F. The highest BCUT2D eigenvalue weighted by atomic mass is 19.4. The van der Waals surface area contributed by atoms with E-state index in [0.717, 1.165) is 11.3 Å². The number of halogens is 3. The number of aliphatic carboxylic acids is 1. The molecule has 0 bridgehead atoms. The molecule has 0 atom stereocenters. The number of ether oxygens (including phenoxy) is 1. The van der Waals surface area contributed by atoms with Gasteiger partial charge in [0.1, 0.15) is 5.75 Å². The molecule has 0 saturated carbocycles. The van der Waals surface area contributed by atoms with Crippen molar-refractivity contribution in [2.24, 2.45) is 5.73 Å². The van der Waals surface area contributed by atoms with E-state index >= 15 is 0 Å². The Kier molecular flexibility index (Phi) is 6.43. The third-order valence-corrected chi connectivity index (χ3v) is 2.84. The number of nitrogens with zero attached hydrogens (tertiary/aromatic N) is 2. The van der Waals surface area contributed by atoms with Gasteiger partial charge in [-0.1, -0.05) is 0 Å². The fraction of sp³-hybridized carbons (Fsp3) is 0.200. The molecular formula is C15H14F3N3O4. The highest BCUT2D eigenvalue weighted by molar-refractivity contribution is 6.00. The summed E-state index contributed by atoms with van der Waals surface area (Å²) in [6, 6.07) is 3.58. The third kappa shape index (κ3) is 5.44. The van der Waals surface area contributed by atoms with Crippen molar-refractivity contribution < 1.29 is 32.6 Å². The Morgan fingerprint density at radius 1 is 1.24 bits per heavy atom. The predicted octanol–water partition coefficient (Wildman–Crippen LogP) is 2.19. The summed E-state index contributed by atoms with van der Waals surface area (Å²) in [6.45, 7) is 1.85. The lowest BCUT2D eigenvalue weighted by atomic mass is 10.0. The van der Waals surface area contributed by atoms with Crippen LogP contribution < -0.4 is 10.5 Å². The van der Waals surface area contributed by atoms with Crippen LogP contribution in [0.3, 0.4) is 0 Å². The molecule has 134 valence electrons. The van der Waals surface area contributed by atoms with Gasteiger partial charge in [0.2, 0.25) is 0 Å². The van der Waals surface area contributed by atoms with Gasteiger partial charge >= 0.3 is 12.1 Å². The molecular weight excluding hydrogens is 343 g/mol. The maximum atomic E-state index is 11.4. The summed E-state index contributed by atoms with van der Waals surface area (Å²) < 4.78 is 37.0. The number of primary amides is 1. The van der Waals surface area contributed by atoms with Crippen molar-refractivity contribution in [2.45, 2.75) is 13.1 Å². The molecule has 10 heteroatoms. The van der Waals surface area contributed by atoms with E-state index in [2.05, 4.69) is 9.97 Å². The van der Waals surface area contributed by atoms with Crippen LogP contribution in [-0.2, 0) is 4.79 Å². The fourth-order valence-electron chi connectivity index (χ4n) is 1.74. The van der Waals surface area contributed by atoms with E-state index in [-0.39, 0.29) is 0 Å². The Hall–Kier alpha value is -3.17. The van der Waals surface area contributed by atoms with E-state index in [1.54, 1.807) is 31.6 Å². The molecule has 0 aliphatic heterocycles. The molecule has 0 saturated heterocycles.